The van der Waals surface area contributed by atoms with Gasteiger partial charge in [-0.05, 0) is 13.8 Å². The highest BCUT2D eigenvalue weighted by Crippen LogP contribution is 1.88. The van der Waals surface area contributed by atoms with E-state index in [1.54, 1.807) is 0 Å². The SMILES string of the molecule is CC(C)OCCn1cnccc1=O. The Kier molecular flexibility index (Phi) is 3.64. The van der Waals surface area contributed by atoms with Gasteiger partial charge in [-0.1, -0.05) is 0 Å². The quantitative estimate of drug-likeness (QED) is 0.687. The number of hydrogen-bond donors (Lipinski definition) is 0. The minimum atomic E-state index is -0.0395. The molecule has 1 aromatic heterocycles. The van der Waals surface area contributed by atoms with Crippen LogP contribution in [0.25, 0.3) is 0 Å². The molecule has 1 aromatic rings. The molecule has 0 spiro atoms. The molecule has 0 unspecified atom stereocenters. The van der Waals surface area contributed by atoms with Crippen molar-refractivity contribution in [2.75, 3.05) is 6.61 Å². The van der Waals surface area contributed by atoms with Crippen molar-refractivity contribution in [1.29, 1.82) is 0 Å². The fourth-order valence-electron chi connectivity index (χ4n) is 0.933. The normalized spacial score (nSPS) is 10.7. The lowest BCUT2D eigenvalue weighted by atomic mass is 10.5. The molecule has 0 saturated carbocycles. The van der Waals surface area contributed by atoms with Crippen LogP contribution in [-0.4, -0.2) is 22.3 Å². The average molecular weight is 182 g/mol. The fraction of sp³-hybridized carbons (Fsp3) is 0.556. The van der Waals surface area contributed by atoms with Gasteiger partial charge in [0, 0.05) is 12.3 Å². The lowest BCUT2D eigenvalue weighted by Gasteiger charge is -2.07. The molecule has 13 heavy (non-hydrogen) atoms. The van der Waals surface area contributed by atoms with Crippen LogP contribution in [0.3, 0.4) is 0 Å². The van der Waals surface area contributed by atoms with Crippen molar-refractivity contribution in [3.05, 3.63) is 28.9 Å². The third-order valence-corrected chi connectivity index (χ3v) is 1.58. The first kappa shape index (κ1) is 9.92. The van der Waals surface area contributed by atoms with E-state index in [9.17, 15) is 4.79 Å². The van der Waals surface area contributed by atoms with Gasteiger partial charge in [0.15, 0.2) is 0 Å². The Morgan fingerprint density at radius 1 is 1.62 bits per heavy atom. The predicted molar refractivity (Wildman–Crippen MR) is 49.6 cm³/mol. The molecule has 4 nitrogen and oxygen atoms in total. The van der Waals surface area contributed by atoms with Crippen LogP contribution in [0, 0.1) is 0 Å². The molecule has 0 fully saturated rings. The van der Waals surface area contributed by atoms with Gasteiger partial charge in [-0.25, -0.2) is 4.98 Å². The molecular weight excluding hydrogens is 168 g/mol. The van der Waals surface area contributed by atoms with Gasteiger partial charge >= 0.3 is 0 Å². The Morgan fingerprint density at radius 2 is 2.38 bits per heavy atom. The summed E-state index contributed by atoms with van der Waals surface area (Å²) in [7, 11) is 0. The van der Waals surface area contributed by atoms with Gasteiger partial charge in [0.05, 0.1) is 25.6 Å². The Hall–Kier alpha value is -1.16. The van der Waals surface area contributed by atoms with Crippen LogP contribution in [0.2, 0.25) is 0 Å². The summed E-state index contributed by atoms with van der Waals surface area (Å²) in [5.74, 6) is 0. The summed E-state index contributed by atoms with van der Waals surface area (Å²) < 4.78 is 6.84. The third-order valence-electron chi connectivity index (χ3n) is 1.58. The van der Waals surface area contributed by atoms with Crippen LogP contribution in [0.4, 0.5) is 0 Å². The highest BCUT2D eigenvalue weighted by molar-refractivity contribution is 4.81. The predicted octanol–water partition coefficient (Wildman–Crippen LogP) is 0.668. The molecule has 1 heterocycles. The van der Waals surface area contributed by atoms with Crippen molar-refractivity contribution in [2.24, 2.45) is 0 Å². The van der Waals surface area contributed by atoms with Gasteiger partial charge in [0.1, 0.15) is 0 Å². The maximum atomic E-state index is 11.2. The lowest BCUT2D eigenvalue weighted by molar-refractivity contribution is 0.0721. The summed E-state index contributed by atoms with van der Waals surface area (Å²) >= 11 is 0. The summed E-state index contributed by atoms with van der Waals surface area (Å²) in [6.45, 7) is 5.03. The van der Waals surface area contributed by atoms with E-state index in [0.717, 1.165) is 0 Å². The molecule has 0 radical (unpaired) electrons. The molecule has 0 amide bonds. The first-order valence-electron chi connectivity index (χ1n) is 4.32. The summed E-state index contributed by atoms with van der Waals surface area (Å²) in [5.41, 5.74) is -0.0395. The first-order chi connectivity index (χ1) is 6.20. The van der Waals surface area contributed by atoms with Crippen molar-refractivity contribution in [3.8, 4) is 0 Å². The zero-order valence-electron chi connectivity index (χ0n) is 7.93. The van der Waals surface area contributed by atoms with Crippen molar-refractivity contribution < 1.29 is 4.74 Å². The summed E-state index contributed by atoms with van der Waals surface area (Å²) in [6, 6.07) is 1.44. The highest BCUT2D eigenvalue weighted by Gasteiger charge is 1.95. The first-order valence-corrected chi connectivity index (χ1v) is 4.32. The van der Waals surface area contributed by atoms with Crippen molar-refractivity contribution in [1.82, 2.24) is 9.55 Å². The van der Waals surface area contributed by atoms with E-state index in [0.29, 0.717) is 13.2 Å². The number of nitrogens with zero attached hydrogens (tertiary/aromatic N) is 2. The zero-order valence-corrected chi connectivity index (χ0v) is 7.93. The second-order valence-electron chi connectivity index (χ2n) is 3.03. The minimum absolute atomic E-state index is 0.0395. The van der Waals surface area contributed by atoms with Crippen LogP contribution in [0.5, 0.6) is 0 Å². The fourth-order valence-corrected chi connectivity index (χ4v) is 0.933. The number of rotatable bonds is 4. The number of ether oxygens (including phenoxy) is 1. The van der Waals surface area contributed by atoms with E-state index < -0.39 is 0 Å². The third kappa shape index (κ3) is 3.38. The molecule has 72 valence electrons. The molecule has 0 aliphatic carbocycles. The van der Waals surface area contributed by atoms with Gasteiger partial charge < -0.3 is 4.74 Å². The molecule has 0 bridgehead atoms. The van der Waals surface area contributed by atoms with E-state index >= 15 is 0 Å². The maximum absolute atomic E-state index is 11.2. The summed E-state index contributed by atoms with van der Waals surface area (Å²) in [6.07, 6.45) is 3.21. The molecule has 0 N–H and O–H groups in total. The molecule has 0 aromatic carbocycles. The van der Waals surface area contributed by atoms with Gasteiger partial charge in [-0.3, -0.25) is 9.36 Å². The second-order valence-corrected chi connectivity index (χ2v) is 3.03. The Labute approximate surface area is 77.2 Å². The minimum Gasteiger partial charge on any atom is -0.377 e. The maximum Gasteiger partial charge on any atom is 0.253 e. The number of hydrogen-bond acceptors (Lipinski definition) is 3. The standard InChI is InChI=1S/C9H14N2O2/c1-8(2)13-6-5-11-7-10-4-3-9(11)12/h3-4,7-8H,5-6H2,1-2H3. The average Bonchev–Trinajstić information content (AvgIpc) is 2.08. The van der Waals surface area contributed by atoms with Crippen LogP contribution < -0.4 is 5.56 Å². The highest BCUT2D eigenvalue weighted by atomic mass is 16.5. The smallest absolute Gasteiger partial charge is 0.253 e. The molecule has 1 rings (SSSR count). The van der Waals surface area contributed by atoms with Gasteiger partial charge in [0.2, 0.25) is 0 Å². The summed E-state index contributed by atoms with van der Waals surface area (Å²) in [5, 5.41) is 0. The largest absolute Gasteiger partial charge is 0.377 e. The van der Waals surface area contributed by atoms with E-state index in [1.807, 2.05) is 13.8 Å². The Morgan fingerprint density at radius 3 is 3.00 bits per heavy atom. The van der Waals surface area contributed by atoms with E-state index in [-0.39, 0.29) is 11.7 Å². The number of aromatic nitrogens is 2. The van der Waals surface area contributed by atoms with Crippen molar-refractivity contribution in [3.63, 3.8) is 0 Å². The Bertz CT molecular complexity index is 306. The molecular formula is C9H14N2O2. The Balaban J connectivity index is 2.46. The van der Waals surface area contributed by atoms with Gasteiger partial charge in [-0.2, -0.15) is 0 Å². The van der Waals surface area contributed by atoms with Crippen LogP contribution in [0.15, 0.2) is 23.4 Å². The zero-order chi connectivity index (χ0) is 9.68. The van der Waals surface area contributed by atoms with E-state index in [2.05, 4.69) is 4.98 Å². The van der Waals surface area contributed by atoms with E-state index in [1.165, 1.54) is 23.2 Å². The second kappa shape index (κ2) is 4.77. The van der Waals surface area contributed by atoms with Crippen LogP contribution >= 0.6 is 0 Å². The summed E-state index contributed by atoms with van der Waals surface area (Å²) in [4.78, 5) is 15.0. The van der Waals surface area contributed by atoms with Crippen molar-refractivity contribution >= 4 is 0 Å². The van der Waals surface area contributed by atoms with Crippen LogP contribution in [-0.2, 0) is 11.3 Å². The van der Waals surface area contributed by atoms with Crippen LogP contribution in [0.1, 0.15) is 13.8 Å². The molecule has 0 saturated heterocycles. The van der Waals surface area contributed by atoms with E-state index in [4.69, 9.17) is 4.74 Å². The molecule has 0 aliphatic rings. The van der Waals surface area contributed by atoms with Crippen molar-refractivity contribution in [2.45, 2.75) is 26.5 Å². The van der Waals surface area contributed by atoms with Gasteiger partial charge in [0.25, 0.3) is 5.56 Å². The monoisotopic (exact) mass is 182 g/mol. The van der Waals surface area contributed by atoms with Gasteiger partial charge in [-0.15, -0.1) is 0 Å². The molecule has 0 atom stereocenters. The molecule has 4 heteroatoms. The lowest BCUT2D eigenvalue weighted by Crippen LogP contribution is -2.22. The topological polar surface area (TPSA) is 44.1 Å². The molecule has 0 aliphatic heterocycles.